The second-order valence-electron chi connectivity index (χ2n) is 7.70. The van der Waals surface area contributed by atoms with Crippen molar-refractivity contribution < 1.29 is 13.6 Å². The average Bonchev–Trinajstić information content (AvgIpc) is 3.19. The van der Waals surface area contributed by atoms with Crippen LogP contribution in [-0.4, -0.2) is 52.8 Å². The molecule has 1 amide bonds. The number of hydrogen-bond acceptors (Lipinski definition) is 4. The molecule has 2 unspecified atom stereocenters. The molecule has 2 atom stereocenters. The molecule has 1 aromatic heterocycles. The number of halogens is 2. The lowest BCUT2D eigenvalue weighted by Crippen LogP contribution is -2.60. The smallest absolute Gasteiger partial charge is 0.282 e. The number of likely N-dealkylation sites (tertiary alicyclic amines) is 2. The zero-order valence-electron chi connectivity index (χ0n) is 13.9. The predicted molar refractivity (Wildman–Crippen MR) is 88.0 cm³/mol. The van der Waals surface area contributed by atoms with Gasteiger partial charge in [0, 0.05) is 23.5 Å². The lowest BCUT2D eigenvalue weighted by Gasteiger charge is -2.42. The second-order valence-corrected chi connectivity index (χ2v) is 8.64. The van der Waals surface area contributed by atoms with Gasteiger partial charge in [-0.25, -0.2) is 13.8 Å². The molecule has 0 bridgehead atoms. The Kier molecular flexibility index (Phi) is 3.91. The van der Waals surface area contributed by atoms with E-state index in [0.717, 1.165) is 56.0 Å². The molecule has 0 aromatic carbocycles. The minimum atomic E-state index is -2.67. The Hall–Kier alpha value is -1.08. The third kappa shape index (κ3) is 2.86. The summed E-state index contributed by atoms with van der Waals surface area (Å²) in [6.45, 7) is 3.93. The van der Waals surface area contributed by atoms with Crippen molar-refractivity contribution in [3.63, 3.8) is 0 Å². The Balaban J connectivity index is 1.41. The van der Waals surface area contributed by atoms with Gasteiger partial charge < -0.3 is 4.90 Å². The van der Waals surface area contributed by atoms with E-state index >= 15 is 0 Å². The highest BCUT2D eigenvalue weighted by atomic mass is 32.1. The van der Waals surface area contributed by atoms with E-state index in [0.29, 0.717) is 0 Å². The van der Waals surface area contributed by atoms with Gasteiger partial charge >= 0.3 is 0 Å². The van der Waals surface area contributed by atoms with Crippen LogP contribution in [0.1, 0.15) is 36.4 Å². The highest BCUT2D eigenvalue weighted by Crippen LogP contribution is 2.51. The van der Waals surface area contributed by atoms with Gasteiger partial charge in [0.25, 0.3) is 5.92 Å². The molecule has 1 aliphatic carbocycles. The summed E-state index contributed by atoms with van der Waals surface area (Å²) < 4.78 is 26.2. The summed E-state index contributed by atoms with van der Waals surface area (Å²) in [5.74, 6) is -2.78. The van der Waals surface area contributed by atoms with Crippen LogP contribution in [0.15, 0.2) is 5.38 Å². The first kappa shape index (κ1) is 16.4. The van der Waals surface area contributed by atoms with Crippen molar-refractivity contribution in [2.75, 3.05) is 26.2 Å². The zero-order chi connectivity index (χ0) is 16.9. The van der Waals surface area contributed by atoms with Gasteiger partial charge in [0.15, 0.2) is 0 Å². The molecule has 7 heteroatoms. The first-order chi connectivity index (χ1) is 11.4. The van der Waals surface area contributed by atoms with Crippen LogP contribution in [0.25, 0.3) is 0 Å². The Morgan fingerprint density at radius 2 is 2.17 bits per heavy atom. The second kappa shape index (κ2) is 5.73. The molecule has 4 rings (SSSR count). The predicted octanol–water partition coefficient (Wildman–Crippen LogP) is 2.92. The molecule has 0 N–H and O–H groups in total. The number of thiazole rings is 1. The van der Waals surface area contributed by atoms with Crippen LogP contribution in [0.4, 0.5) is 8.78 Å². The van der Waals surface area contributed by atoms with Crippen molar-refractivity contribution in [2.24, 2.45) is 11.3 Å². The summed E-state index contributed by atoms with van der Waals surface area (Å²) in [7, 11) is 0. The number of carbonyl (C=O) groups is 1. The summed E-state index contributed by atoms with van der Waals surface area (Å²) in [5.41, 5.74) is 1.05. The Labute approximate surface area is 144 Å². The minimum absolute atomic E-state index is 0.00569. The fraction of sp³-hybridized carbons (Fsp3) is 0.765. The first-order valence-corrected chi connectivity index (χ1v) is 9.55. The van der Waals surface area contributed by atoms with Crippen LogP contribution in [0.5, 0.6) is 0 Å². The average molecular weight is 355 g/mol. The van der Waals surface area contributed by atoms with E-state index in [-0.39, 0.29) is 30.3 Å². The van der Waals surface area contributed by atoms with Crippen LogP contribution in [-0.2, 0) is 11.3 Å². The maximum Gasteiger partial charge on any atom is 0.282 e. The van der Waals surface area contributed by atoms with Crippen LogP contribution in [0, 0.1) is 18.3 Å². The number of nitrogens with zero attached hydrogens (tertiary/aromatic N) is 3. The Morgan fingerprint density at radius 1 is 1.38 bits per heavy atom. The fourth-order valence-corrected chi connectivity index (χ4v) is 5.50. The number of alkyl halides is 2. The number of aromatic nitrogens is 1. The monoisotopic (exact) mass is 355 g/mol. The van der Waals surface area contributed by atoms with Crippen molar-refractivity contribution >= 4 is 17.2 Å². The molecule has 1 spiro atoms. The van der Waals surface area contributed by atoms with Crippen molar-refractivity contribution in [1.82, 2.24) is 14.8 Å². The van der Waals surface area contributed by atoms with Gasteiger partial charge in [-0.15, -0.1) is 11.3 Å². The molecular weight excluding hydrogens is 332 g/mol. The summed E-state index contributed by atoms with van der Waals surface area (Å²) in [4.78, 5) is 21.0. The van der Waals surface area contributed by atoms with Gasteiger partial charge in [0.1, 0.15) is 5.01 Å². The molecule has 24 heavy (non-hydrogen) atoms. The van der Waals surface area contributed by atoms with E-state index in [9.17, 15) is 13.6 Å². The quantitative estimate of drug-likeness (QED) is 0.836. The van der Waals surface area contributed by atoms with Crippen molar-refractivity contribution in [3.05, 3.63) is 16.1 Å². The lowest BCUT2D eigenvalue weighted by atomic mass is 9.76. The van der Waals surface area contributed by atoms with Crippen molar-refractivity contribution in [3.8, 4) is 0 Å². The molecule has 3 aliphatic rings. The minimum Gasteiger partial charge on any atom is -0.330 e. The van der Waals surface area contributed by atoms with Crippen LogP contribution >= 0.6 is 11.3 Å². The highest BCUT2D eigenvalue weighted by Gasteiger charge is 2.55. The van der Waals surface area contributed by atoms with E-state index in [1.807, 2.05) is 6.92 Å². The van der Waals surface area contributed by atoms with Crippen LogP contribution < -0.4 is 0 Å². The number of amides is 1. The molecule has 4 nitrogen and oxygen atoms in total. The molecule has 1 saturated carbocycles. The van der Waals surface area contributed by atoms with Gasteiger partial charge in [-0.1, -0.05) is 6.42 Å². The Bertz CT molecular complexity index is 642. The molecule has 2 saturated heterocycles. The van der Waals surface area contributed by atoms with E-state index in [1.165, 1.54) is 4.90 Å². The van der Waals surface area contributed by atoms with Crippen LogP contribution in [0.3, 0.4) is 0 Å². The first-order valence-electron chi connectivity index (χ1n) is 8.67. The van der Waals surface area contributed by atoms with Gasteiger partial charge in [0.05, 0.1) is 19.6 Å². The van der Waals surface area contributed by atoms with Gasteiger partial charge in [-0.05, 0) is 38.1 Å². The molecule has 2 aliphatic heterocycles. The van der Waals surface area contributed by atoms with Crippen LogP contribution in [0.2, 0.25) is 0 Å². The Morgan fingerprint density at radius 3 is 2.83 bits per heavy atom. The maximum absolute atomic E-state index is 13.1. The molecule has 3 heterocycles. The maximum atomic E-state index is 13.1. The summed E-state index contributed by atoms with van der Waals surface area (Å²) in [5, 5.41) is 3.18. The SMILES string of the molecule is Cc1csc(CN2CCC3(CCCC3C(=O)N3CC(F)(F)C3)C2)n1. The summed E-state index contributed by atoms with van der Waals surface area (Å²) in [6, 6.07) is 0. The number of hydrogen-bond donors (Lipinski definition) is 0. The van der Waals surface area contributed by atoms with Gasteiger partial charge in [-0.2, -0.15) is 0 Å². The fourth-order valence-electron chi connectivity index (χ4n) is 4.69. The summed E-state index contributed by atoms with van der Waals surface area (Å²) >= 11 is 1.68. The van der Waals surface area contributed by atoms with Crippen molar-refractivity contribution in [1.29, 1.82) is 0 Å². The van der Waals surface area contributed by atoms with Gasteiger partial charge in [0.2, 0.25) is 5.91 Å². The largest absolute Gasteiger partial charge is 0.330 e. The molecule has 0 radical (unpaired) electrons. The van der Waals surface area contributed by atoms with Gasteiger partial charge in [-0.3, -0.25) is 9.69 Å². The third-order valence-corrected chi connectivity index (χ3v) is 6.80. The van der Waals surface area contributed by atoms with E-state index in [1.54, 1.807) is 11.3 Å². The zero-order valence-corrected chi connectivity index (χ0v) is 14.7. The molecule has 3 fully saturated rings. The molecule has 1 aromatic rings. The normalized spacial score (nSPS) is 32.5. The van der Waals surface area contributed by atoms with E-state index < -0.39 is 5.92 Å². The van der Waals surface area contributed by atoms with Crippen molar-refractivity contribution in [2.45, 2.75) is 45.1 Å². The van der Waals surface area contributed by atoms with E-state index in [2.05, 4.69) is 15.3 Å². The number of aryl methyl sites for hydroxylation is 1. The van der Waals surface area contributed by atoms with E-state index in [4.69, 9.17) is 0 Å². The molecular formula is C17H23F2N3OS. The third-order valence-electron chi connectivity index (χ3n) is 5.85. The standard InChI is InChI=1S/C17H23F2N3OS/c1-12-8-24-14(20-12)7-21-6-5-16(9-21)4-2-3-13(16)15(23)22-10-17(18,19)11-22/h8,13H,2-7,9-11H2,1H3. The molecule has 132 valence electrons. The number of carbonyl (C=O) groups excluding carboxylic acids is 1. The topological polar surface area (TPSA) is 36.4 Å². The number of rotatable bonds is 3. The lowest BCUT2D eigenvalue weighted by molar-refractivity contribution is -0.172. The summed E-state index contributed by atoms with van der Waals surface area (Å²) in [6.07, 6.45) is 3.93. The highest BCUT2D eigenvalue weighted by molar-refractivity contribution is 7.09.